The van der Waals surface area contributed by atoms with Crippen LogP contribution in [0, 0.1) is 11.3 Å². The molecule has 0 saturated heterocycles. The van der Waals surface area contributed by atoms with Crippen molar-refractivity contribution in [1.82, 2.24) is 5.32 Å². The highest BCUT2D eigenvalue weighted by molar-refractivity contribution is 7.14. The largest absolute Gasteiger partial charge is 0.368 e. The zero-order chi connectivity index (χ0) is 19.6. The molecule has 0 radical (unpaired) electrons. The summed E-state index contributed by atoms with van der Waals surface area (Å²) in [5.74, 6) is -0.0882. The highest BCUT2D eigenvalue weighted by atomic mass is 32.1. The Morgan fingerprint density at radius 3 is 2.59 bits per heavy atom. The van der Waals surface area contributed by atoms with Gasteiger partial charge in [0.1, 0.15) is 6.04 Å². The SMILES string of the molecule is CC(C)(C)C1CCc2sc(C(=O)NC(Cc3ccccc3)C(N)=O)cc2C1. The Morgan fingerprint density at radius 1 is 1.26 bits per heavy atom. The molecule has 2 atom stereocenters. The van der Waals surface area contributed by atoms with Crippen LogP contribution < -0.4 is 11.1 Å². The monoisotopic (exact) mass is 384 g/mol. The number of carbonyl (C=O) groups is 2. The van der Waals surface area contributed by atoms with E-state index in [0.29, 0.717) is 17.2 Å². The lowest BCUT2D eigenvalue weighted by atomic mass is 9.72. The second-order valence-electron chi connectivity index (χ2n) is 8.48. The fraction of sp³-hybridized carbons (Fsp3) is 0.455. The van der Waals surface area contributed by atoms with E-state index in [4.69, 9.17) is 5.73 Å². The summed E-state index contributed by atoms with van der Waals surface area (Å²) in [6.07, 6.45) is 3.61. The zero-order valence-electron chi connectivity index (χ0n) is 16.2. The smallest absolute Gasteiger partial charge is 0.262 e. The summed E-state index contributed by atoms with van der Waals surface area (Å²) >= 11 is 1.55. The van der Waals surface area contributed by atoms with Gasteiger partial charge in [0.25, 0.3) is 5.91 Å². The Balaban J connectivity index is 1.71. The summed E-state index contributed by atoms with van der Waals surface area (Å²) < 4.78 is 0. The normalized spacial score (nSPS) is 17.8. The van der Waals surface area contributed by atoms with Gasteiger partial charge >= 0.3 is 0 Å². The Bertz CT molecular complexity index is 821. The van der Waals surface area contributed by atoms with Gasteiger partial charge in [0.2, 0.25) is 5.91 Å². The summed E-state index contributed by atoms with van der Waals surface area (Å²) in [6.45, 7) is 6.84. The first-order valence-electron chi connectivity index (χ1n) is 9.49. The van der Waals surface area contributed by atoms with Crippen LogP contribution in [0.5, 0.6) is 0 Å². The summed E-state index contributed by atoms with van der Waals surface area (Å²) in [5, 5.41) is 2.83. The van der Waals surface area contributed by atoms with Crippen molar-refractivity contribution in [3.05, 3.63) is 57.3 Å². The molecule has 3 N–H and O–H groups in total. The molecule has 0 fully saturated rings. The number of rotatable bonds is 5. The predicted octanol–water partition coefficient (Wildman–Crippen LogP) is 3.73. The molecule has 0 spiro atoms. The van der Waals surface area contributed by atoms with Gasteiger partial charge in [-0.2, -0.15) is 0 Å². The molecule has 1 aliphatic carbocycles. The lowest BCUT2D eigenvalue weighted by molar-refractivity contribution is -0.119. The molecule has 3 rings (SSSR count). The number of amides is 2. The van der Waals surface area contributed by atoms with Crippen molar-refractivity contribution in [2.75, 3.05) is 0 Å². The van der Waals surface area contributed by atoms with Crippen LogP contribution in [-0.4, -0.2) is 17.9 Å². The number of primary amides is 1. The number of fused-ring (bicyclic) bond motifs is 1. The van der Waals surface area contributed by atoms with E-state index in [9.17, 15) is 9.59 Å². The average Bonchev–Trinajstić information content (AvgIpc) is 3.04. The number of benzene rings is 1. The van der Waals surface area contributed by atoms with Crippen LogP contribution in [0.3, 0.4) is 0 Å². The quantitative estimate of drug-likeness (QED) is 0.824. The van der Waals surface area contributed by atoms with Crippen molar-refractivity contribution < 1.29 is 9.59 Å². The van der Waals surface area contributed by atoms with Crippen molar-refractivity contribution in [2.24, 2.45) is 17.1 Å². The van der Waals surface area contributed by atoms with Gasteiger partial charge in [-0.25, -0.2) is 0 Å². The molecule has 2 unspecified atom stereocenters. The predicted molar refractivity (Wildman–Crippen MR) is 110 cm³/mol. The molecule has 27 heavy (non-hydrogen) atoms. The maximum Gasteiger partial charge on any atom is 0.262 e. The van der Waals surface area contributed by atoms with Crippen molar-refractivity contribution in [1.29, 1.82) is 0 Å². The summed E-state index contributed by atoms with van der Waals surface area (Å²) in [6, 6.07) is 10.9. The fourth-order valence-corrected chi connectivity index (χ4v) is 4.79. The van der Waals surface area contributed by atoms with E-state index in [1.54, 1.807) is 11.3 Å². The Hall–Kier alpha value is -2.14. The Morgan fingerprint density at radius 2 is 1.96 bits per heavy atom. The van der Waals surface area contributed by atoms with Crippen molar-refractivity contribution in [3.8, 4) is 0 Å². The summed E-state index contributed by atoms with van der Waals surface area (Å²) in [4.78, 5) is 26.5. The van der Waals surface area contributed by atoms with Gasteiger partial charge in [-0.3, -0.25) is 9.59 Å². The molecular weight excluding hydrogens is 356 g/mol. The average molecular weight is 385 g/mol. The second-order valence-corrected chi connectivity index (χ2v) is 9.62. The van der Waals surface area contributed by atoms with Gasteiger partial charge in [0.05, 0.1) is 4.88 Å². The van der Waals surface area contributed by atoms with Gasteiger partial charge in [0, 0.05) is 11.3 Å². The first kappa shape index (κ1) is 19.6. The number of nitrogens with two attached hydrogens (primary N) is 1. The second kappa shape index (κ2) is 7.85. The number of thiophene rings is 1. The molecule has 1 heterocycles. The lowest BCUT2D eigenvalue weighted by Gasteiger charge is -2.33. The fourth-order valence-electron chi connectivity index (χ4n) is 3.68. The van der Waals surface area contributed by atoms with E-state index in [1.807, 2.05) is 36.4 Å². The van der Waals surface area contributed by atoms with Gasteiger partial charge in [-0.05, 0) is 47.8 Å². The molecule has 2 amide bonds. The zero-order valence-corrected chi connectivity index (χ0v) is 17.1. The van der Waals surface area contributed by atoms with Gasteiger partial charge in [-0.1, -0.05) is 51.1 Å². The van der Waals surface area contributed by atoms with Crippen LogP contribution in [0.1, 0.15) is 52.9 Å². The van der Waals surface area contributed by atoms with Crippen LogP contribution in [-0.2, 0) is 24.1 Å². The number of hydrogen-bond acceptors (Lipinski definition) is 3. The first-order chi connectivity index (χ1) is 12.7. The highest BCUT2D eigenvalue weighted by Crippen LogP contribution is 2.40. The molecule has 0 bridgehead atoms. The maximum atomic E-state index is 12.7. The number of aryl methyl sites for hydroxylation is 1. The van der Waals surface area contributed by atoms with E-state index in [-0.39, 0.29) is 11.3 Å². The minimum Gasteiger partial charge on any atom is -0.368 e. The minimum atomic E-state index is -0.707. The van der Waals surface area contributed by atoms with E-state index in [0.717, 1.165) is 24.8 Å². The molecule has 1 aromatic heterocycles. The van der Waals surface area contributed by atoms with Gasteiger partial charge in [0.15, 0.2) is 0 Å². The topological polar surface area (TPSA) is 72.2 Å². The van der Waals surface area contributed by atoms with Crippen molar-refractivity contribution >= 4 is 23.2 Å². The third-order valence-electron chi connectivity index (χ3n) is 5.46. The molecule has 0 saturated carbocycles. The van der Waals surface area contributed by atoms with Gasteiger partial charge in [-0.15, -0.1) is 11.3 Å². The number of hydrogen-bond donors (Lipinski definition) is 2. The van der Waals surface area contributed by atoms with Crippen molar-refractivity contribution in [3.63, 3.8) is 0 Å². The van der Waals surface area contributed by atoms with E-state index >= 15 is 0 Å². The molecular formula is C22H28N2O2S. The molecule has 1 aromatic carbocycles. The van der Waals surface area contributed by atoms with Crippen molar-refractivity contribution in [2.45, 2.75) is 52.5 Å². The third kappa shape index (κ3) is 4.78. The van der Waals surface area contributed by atoms with Crippen LogP contribution in [0.25, 0.3) is 0 Å². The maximum absolute atomic E-state index is 12.7. The third-order valence-corrected chi connectivity index (χ3v) is 6.70. The molecule has 2 aromatic rings. The Labute approximate surface area is 165 Å². The number of carbonyl (C=O) groups excluding carboxylic acids is 2. The standard InChI is InChI=1S/C22H28N2O2S/c1-22(2,3)16-9-10-18-15(12-16)13-19(27-18)21(26)24-17(20(23)25)11-14-7-5-4-6-8-14/h4-8,13,16-17H,9-12H2,1-3H3,(H2,23,25)(H,24,26). The van der Waals surface area contributed by atoms with Crippen LogP contribution in [0.15, 0.2) is 36.4 Å². The van der Waals surface area contributed by atoms with Crippen LogP contribution in [0.4, 0.5) is 0 Å². The summed E-state index contributed by atoms with van der Waals surface area (Å²) in [7, 11) is 0. The molecule has 144 valence electrons. The minimum absolute atomic E-state index is 0.207. The number of nitrogens with one attached hydrogen (secondary N) is 1. The van der Waals surface area contributed by atoms with E-state index in [2.05, 4.69) is 26.1 Å². The summed E-state index contributed by atoms with van der Waals surface area (Å²) in [5.41, 5.74) is 8.06. The molecule has 5 heteroatoms. The van der Waals surface area contributed by atoms with Crippen LogP contribution in [0.2, 0.25) is 0 Å². The highest BCUT2D eigenvalue weighted by Gasteiger charge is 2.31. The van der Waals surface area contributed by atoms with E-state index in [1.165, 1.54) is 10.4 Å². The molecule has 4 nitrogen and oxygen atoms in total. The molecule has 1 aliphatic rings. The molecule has 0 aliphatic heterocycles. The van der Waals surface area contributed by atoms with E-state index < -0.39 is 11.9 Å². The lowest BCUT2D eigenvalue weighted by Crippen LogP contribution is -2.45. The van der Waals surface area contributed by atoms with Crippen LogP contribution >= 0.6 is 11.3 Å². The van der Waals surface area contributed by atoms with Gasteiger partial charge < -0.3 is 11.1 Å². The Kier molecular flexibility index (Phi) is 5.70. The first-order valence-corrected chi connectivity index (χ1v) is 10.3.